The lowest BCUT2D eigenvalue weighted by Gasteiger charge is -2.07. The molecule has 0 aromatic carbocycles. The molecule has 1 unspecified atom stereocenters. The average Bonchev–Trinajstić information content (AvgIpc) is 2.71. The summed E-state index contributed by atoms with van der Waals surface area (Å²) in [5, 5.41) is 11.9. The van der Waals surface area contributed by atoms with E-state index < -0.39 is 0 Å². The van der Waals surface area contributed by atoms with Crippen LogP contribution in [0, 0.1) is 11.3 Å². The Morgan fingerprint density at radius 1 is 1.80 bits per heavy atom. The largest absolute Gasteiger partial charge is 0.298 e. The minimum Gasteiger partial charge on any atom is -0.298 e. The van der Waals surface area contributed by atoms with Gasteiger partial charge in [0, 0.05) is 11.8 Å². The van der Waals surface area contributed by atoms with Gasteiger partial charge in [-0.2, -0.15) is 17.0 Å². The van der Waals surface area contributed by atoms with Gasteiger partial charge in [-0.15, -0.1) is 0 Å². The number of hydrogen-bond donors (Lipinski definition) is 1. The second-order valence-corrected chi connectivity index (χ2v) is 3.49. The van der Waals surface area contributed by atoms with Gasteiger partial charge in [-0.05, 0) is 19.1 Å². The molecule has 1 saturated carbocycles. The topological polar surface area (TPSA) is 35.8 Å². The van der Waals surface area contributed by atoms with E-state index in [2.05, 4.69) is 11.4 Å². The Morgan fingerprint density at radius 3 is 2.90 bits per heavy atom. The van der Waals surface area contributed by atoms with Gasteiger partial charge in [-0.25, -0.2) is 0 Å². The molecule has 1 fully saturated rings. The molecule has 0 radical (unpaired) electrons. The van der Waals surface area contributed by atoms with Gasteiger partial charge in [0.2, 0.25) is 0 Å². The van der Waals surface area contributed by atoms with Crippen LogP contribution in [0.4, 0.5) is 0 Å². The molecule has 56 valence electrons. The average molecular weight is 156 g/mol. The fourth-order valence-electron chi connectivity index (χ4n) is 0.824. The van der Waals surface area contributed by atoms with Gasteiger partial charge in [0.05, 0.1) is 6.07 Å². The normalized spacial score (nSPS) is 20.0. The van der Waals surface area contributed by atoms with Gasteiger partial charge in [0.25, 0.3) is 0 Å². The summed E-state index contributed by atoms with van der Waals surface area (Å²) in [6, 6.07) is 2.96. The van der Waals surface area contributed by atoms with Crippen molar-refractivity contribution in [1.29, 1.82) is 5.26 Å². The fraction of sp³-hybridized carbons (Fsp3) is 0.857. The first-order valence-electron chi connectivity index (χ1n) is 3.51. The maximum Gasteiger partial charge on any atom is 0.105 e. The van der Waals surface area contributed by atoms with Crippen LogP contribution in [-0.2, 0) is 0 Å². The summed E-state index contributed by atoms with van der Waals surface area (Å²) in [7, 11) is 0. The van der Waals surface area contributed by atoms with Crippen molar-refractivity contribution >= 4 is 11.8 Å². The standard InChI is InChI=1S/C7H12N2S/c1-10-5-7(4-8)9-6-2-3-6/h6-7,9H,2-3,5H2,1H3. The first-order chi connectivity index (χ1) is 4.86. The highest BCUT2D eigenvalue weighted by atomic mass is 32.2. The van der Waals surface area contributed by atoms with Gasteiger partial charge >= 0.3 is 0 Å². The van der Waals surface area contributed by atoms with E-state index in [1.54, 1.807) is 11.8 Å². The Hall–Kier alpha value is -0.200. The van der Waals surface area contributed by atoms with Gasteiger partial charge < -0.3 is 0 Å². The lowest BCUT2D eigenvalue weighted by molar-refractivity contribution is 0.644. The third kappa shape index (κ3) is 2.59. The molecule has 1 aliphatic carbocycles. The van der Waals surface area contributed by atoms with Gasteiger partial charge in [0.1, 0.15) is 6.04 Å². The molecule has 0 aromatic heterocycles. The van der Waals surface area contributed by atoms with Crippen molar-refractivity contribution in [3.63, 3.8) is 0 Å². The molecule has 0 heterocycles. The molecule has 1 N–H and O–H groups in total. The predicted octanol–water partition coefficient (Wildman–Crippen LogP) is 0.994. The smallest absolute Gasteiger partial charge is 0.105 e. The van der Waals surface area contributed by atoms with Crippen LogP contribution in [0.25, 0.3) is 0 Å². The Labute approximate surface area is 66.0 Å². The molecule has 0 amide bonds. The van der Waals surface area contributed by atoms with Crippen LogP contribution in [0.1, 0.15) is 12.8 Å². The molecular weight excluding hydrogens is 144 g/mol. The van der Waals surface area contributed by atoms with Crippen molar-refractivity contribution in [3.8, 4) is 6.07 Å². The highest BCUT2D eigenvalue weighted by Gasteiger charge is 2.23. The SMILES string of the molecule is CSCC(C#N)NC1CC1. The minimum absolute atomic E-state index is 0.0718. The van der Waals surface area contributed by atoms with E-state index >= 15 is 0 Å². The van der Waals surface area contributed by atoms with E-state index in [1.165, 1.54) is 12.8 Å². The molecule has 2 nitrogen and oxygen atoms in total. The molecule has 0 spiro atoms. The molecular formula is C7H12N2S. The van der Waals surface area contributed by atoms with Crippen molar-refractivity contribution < 1.29 is 0 Å². The van der Waals surface area contributed by atoms with Crippen molar-refractivity contribution in [2.45, 2.75) is 24.9 Å². The summed E-state index contributed by atoms with van der Waals surface area (Å²) in [5.74, 6) is 0.910. The molecule has 10 heavy (non-hydrogen) atoms. The third-order valence-electron chi connectivity index (χ3n) is 1.50. The van der Waals surface area contributed by atoms with E-state index in [1.807, 2.05) is 6.26 Å². The highest BCUT2D eigenvalue weighted by molar-refractivity contribution is 7.98. The van der Waals surface area contributed by atoms with E-state index in [4.69, 9.17) is 5.26 Å². The number of hydrogen-bond acceptors (Lipinski definition) is 3. The van der Waals surface area contributed by atoms with E-state index in [0.717, 1.165) is 5.75 Å². The number of nitrogens with one attached hydrogen (secondary N) is 1. The number of nitrogens with zero attached hydrogens (tertiary/aromatic N) is 1. The van der Waals surface area contributed by atoms with Gasteiger partial charge in [0.15, 0.2) is 0 Å². The van der Waals surface area contributed by atoms with Crippen LogP contribution < -0.4 is 5.32 Å². The monoisotopic (exact) mass is 156 g/mol. The fourth-order valence-corrected chi connectivity index (χ4v) is 1.33. The van der Waals surface area contributed by atoms with Crippen LogP contribution in [0.5, 0.6) is 0 Å². The van der Waals surface area contributed by atoms with E-state index in [0.29, 0.717) is 6.04 Å². The van der Waals surface area contributed by atoms with Crippen molar-refractivity contribution in [3.05, 3.63) is 0 Å². The zero-order valence-corrected chi connectivity index (χ0v) is 6.95. The van der Waals surface area contributed by atoms with Crippen LogP contribution in [-0.4, -0.2) is 24.1 Å². The highest BCUT2D eigenvalue weighted by Crippen LogP contribution is 2.19. The lowest BCUT2D eigenvalue weighted by Crippen LogP contribution is -2.31. The van der Waals surface area contributed by atoms with Crippen LogP contribution in [0.3, 0.4) is 0 Å². The molecule has 0 aliphatic heterocycles. The minimum atomic E-state index is 0.0718. The second-order valence-electron chi connectivity index (χ2n) is 2.58. The Kier molecular flexibility index (Phi) is 3.04. The van der Waals surface area contributed by atoms with Crippen LogP contribution >= 0.6 is 11.8 Å². The Bertz CT molecular complexity index is 137. The zero-order chi connectivity index (χ0) is 7.40. The second kappa shape index (κ2) is 3.85. The quantitative estimate of drug-likeness (QED) is 0.659. The van der Waals surface area contributed by atoms with E-state index in [9.17, 15) is 0 Å². The Morgan fingerprint density at radius 2 is 2.50 bits per heavy atom. The van der Waals surface area contributed by atoms with Crippen molar-refractivity contribution in [1.82, 2.24) is 5.32 Å². The summed E-state index contributed by atoms with van der Waals surface area (Å²) in [6.45, 7) is 0. The molecule has 3 heteroatoms. The maximum absolute atomic E-state index is 8.61. The molecule has 0 aromatic rings. The lowest BCUT2D eigenvalue weighted by atomic mass is 10.4. The summed E-state index contributed by atoms with van der Waals surface area (Å²) in [4.78, 5) is 0. The molecule has 0 saturated heterocycles. The zero-order valence-electron chi connectivity index (χ0n) is 6.13. The number of thioether (sulfide) groups is 1. The number of rotatable bonds is 4. The predicted molar refractivity (Wildman–Crippen MR) is 43.9 cm³/mol. The molecule has 1 atom stereocenters. The summed E-state index contributed by atoms with van der Waals surface area (Å²) in [6.07, 6.45) is 4.54. The summed E-state index contributed by atoms with van der Waals surface area (Å²) < 4.78 is 0. The van der Waals surface area contributed by atoms with Gasteiger partial charge in [-0.1, -0.05) is 0 Å². The summed E-state index contributed by atoms with van der Waals surface area (Å²) in [5.41, 5.74) is 0. The molecule has 1 aliphatic rings. The summed E-state index contributed by atoms with van der Waals surface area (Å²) >= 11 is 1.72. The maximum atomic E-state index is 8.61. The first kappa shape index (κ1) is 7.90. The van der Waals surface area contributed by atoms with Crippen molar-refractivity contribution in [2.75, 3.05) is 12.0 Å². The van der Waals surface area contributed by atoms with Crippen LogP contribution in [0.15, 0.2) is 0 Å². The number of nitriles is 1. The van der Waals surface area contributed by atoms with E-state index in [-0.39, 0.29) is 6.04 Å². The van der Waals surface area contributed by atoms with Crippen LogP contribution in [0.2, 0.25) is 0 Å². The molecule has 1 rings (SSSR count). The molecule has 0 bridgehead atoms. The first-order valence-corrected chi connectivity index (χ1v) is 4.91. The van der Waals surface area contributed by atoms with Crippen molar-refractivity contribution in [2.24, 2.45) is 0 Å². The third-order valence-corrected chi connectivity index (χ3v) is 2.17. The Balaban J connectivity index is 2.13. The van der Waals surface area contributed by atoms with Gasteiger partial charge in [-0.3, -0.25) is 5.32 Å².